The first-order chi connectivity index (χ1) is 9.54. The highest BCUT2D eigenvalue weighted by molar-refractivity contribution is 5.55. The highest BCUT2D eigenvalue weighted by atomic mass is 19.1. The van der Waals surface area contributed by atoms with Gasteiger partial charge in [-0.15, -0.1) is 0 Å². The van der Waals surface area contributed by atoms with Crippen LogP contribution in [0.25, 0.3) is 0 Å². The van der Waals surface area contributed by atoms with Gasteiger partial charge in [0.15, 0.2) is 0 Å². The molecule has 2 rings (SSSR count). The molecule has 106 valence electrons. The summed E-state index contributed by atoms with van der Waals surface area (Å²) in [5, 5.41) is 0. The normalized spacial score (nSPS) is 12.0. The van der Waals surface area contributed by atoms with Crippen molar-refractivity contribution >= 4 is 11.5 Å². The van der Waals surface area contributed by atoms with E-state index in [1.807, 2.05) is 24.9 Å². The van der Waals surface area contributed by atoms with Crippen molar-refractivity contribution < 1.29 is 9.13 Å². The first-order valence-corrected chi connectivity index (χ1v) is 6.32. The van der Waals surface area contributed by atoms with Gasteiger partial charge in [0.1, 0.15) is 11.6 Å². The molecule has 0 aliphatic carbocycles. The number of methoxy groups -OCH3 is 1. The minimum atomic E-state index is -0.228. The zero-order valence-corrected chi connectivity index (χ0v) is 11.8. The largest absolute Gasteiger partial charge is 0.479 e. The SMILES string of the molecule is COc1nc(N(C)C(C)c2ccccc2F)ccc1N. The smallest absolute Gasteiger partial charge is 0.238 e. The lowest BCUT2D eigenvalue weighted by atomic mass is 10.1. The highest BCUT2D eigenvalue weighted by Crippen LogP contribution is 2.28. The van der Waals surface area contributed by atoms with Crippen molar-refractivity contribution in [2.24, 2.45) is 0 Å². The monoisotopic (exact) mass is 275 g/mol. The molecule has 0 saturated heterocycles. The van der Waals surface area contributed by atoms with E-state index in [2.05, 4.69) is 4.98 Å². The second-order valence-corrected chi connectivity index (χ2v) is 4.58. The van der Waals surface area contributed by atoms with Crippen molar-refractivity contribution in [2.45, 2.75) is 13.0 Å². The van der Waals surface area contributed by atoms with Crippen LogP contribution in [0.3, 0.4) is 0 Å². The number of hydrogen-bond donors (Lipinski definition) is 1. The van der Waals surface area contributed by atoms with Crippen LogP contribution in [0.5, 0.6) is 5.88 Å². The van der Waals surface area contributed by atoms with Gasteiger partial charge in [-0.2, -0.15) is 4.98 Å². The number of hydrogen-bond acceptors (Lipinski definition) is 4. The van der Waals surface area contributed by atoms with Crippen molar-refractivity contribution in [3.05, 3.63) is 47.8 Å². The summed E-state index contributed by atoms with van der Waals surface area (Å²) in [4.78, 5) is 6.20. The minimum Gasteiger partial charge on any atom is -0.479 e. The van der Waals surface area contributed by atoms with Crippen molar-refractivity contribution in [1.82, 2.24) is 4.98 Å². The zero-order valence-electron chi connectivity index (χ0n) is 11.8. The second kappa shape index (κ2) is 5.77. The fraction of sp³-hybridized carbons (Fsp3) is 0.267. The number of aromatic nitrogens is 1. The molecule has 0 aliphatic rings. The predicted octanol–water partition coefficient (Wildman–Crippen LogP) is 3.01. The van der Waals surface area contributed by atoms with E-state index in [4.69, 9.17) is 10.5 Å². The van der Waals surface area contributed by atoms with Crippen molar-refractivity contribution in [1.29, 1.82) is 0 Å². The summed E-state index contributed by atoms with van der Waals surface area (Å²) in [6, 6.07) is 10.1. The molecule has 4 nitrogen and oxygen atoms in total. The molecular weight excluding hydrogens is 257 g/mol. The Bertz CT molecular complexity index is 603. The minimum absolute atomic E-state index is 0.156. The maximum atomic E-state index is 13.8. The van der Waals surface area contributed by atoms with Crippen LogP contribution < -0.4 is 15.4 Å². The molecular formula is C15H18FN3O. The average Bonchev–Trinajstić information content (AvgIpc) is 2.47. The van der Waals surface area contributed by atoms with Crippen LogP contribution in [0, 0.1) is 5.82 Å². The van der Waals surface area contributed by atoms with Gasteiger partial charge in [-0.25, -0.2) is 4.39 Å². The van der Waals surface area contributed by atoms with Crippen LogP contribution in [0.15, 0.2) is 36.4 Å². The fourth-order valence-electron chi connectivity index (χ4n) is 2.02. The van der Waals surface area contributed by atoms with Gasteiger partial charge in [-0.1, -0.05) is 18.2 Å². The predicted molar refractivity (Wildman–Crippen MR) is 78.4 cm³/mol. The summed E-state index contributed by atoms with van der Waals surface area (Å²) in [6.07, 6.45) is 0. The Morgan fingerprint density at radius 2 is 1.95 bits per heavy atom. The Morgan fingerprint density at radius 1 is 1.25 bits per heavy atom. The highest BCUT2D eigenvalue weighted by Gasteiger charge is 2.17. The maximum absolute atomic E-state index is 13.8. The summed E-state index contributed by atoms with van der Waals surface area (Å²) in [7, 11) is 3.37. The lowest BCUT2D eigenvalue weighted by Gasteiger charge is -2.27. The number of halogens is 1. The molecule has 5 heteroatoms. The Hall–Kier alpha value is -2.30. The summed E-state index contributed by atoms with van der Waals surface area (Å²) in [5.74, 6) is 0.816. The molecule has 0 fully saturated rings. The summed E-state index contributed by atoms with van der Waals surface area (Å²) in [6.45, 7) is 1.92. The van der Waals surface area contributed by atoms with Crippen LogP contribution in [0.1, 0.15) is 18.5 Å². The second-order valence-electron chi connectivity index (χ2n) is 4.58. The summed E-state index contributed by atoms with van der Waals surface area (Å²) in [5.41, 5.74) is 6.84. The number of rotatable bonds is 4. The molecule has 1 unspecified atom stereocenters. The summed E-state index contributed by atoms with van der Waals surface area (Å²) >= 11 is 0. The first-order valence-electron chi connectivity index (χ1n) is 6.32. The molecule has 0 aliphatic heterocycles. The lowest BCUT2D eigenvalue weighted by molar-refractivity contribution is 0.400. The Balaban J connectivity index is 2.31. The van der Waals surface area contributed by atoms with Crippen LogP contribution in [-0.2, 0) is 0 Å². The number of benzene rings is 1. The van der Waals surface area contributed by atoms with Gasteiger partial charge < -0.3 is 15.4 Å². The molecule has 1 atom stereocenters. The molecule has 2 N–H and O–H groups in total. The van der Waals surface area contributed by atoms with E-state index in [1.54, 1.807) is 24.3 Å². The van der Waals surface area contributed by atoms with E-state index in [-0.39, 0.29) is 11.9 Å². The Morgan fingerprint density at radius 3 is 2.60 bits per heavy atom. The number of nitrogens with two attached hydrogens (primary N) is 1. The molecule has 0 saturated carbocycles. The molecule has 0 bridgehead atoms. The van der Waals surface area contributed by atoms with Gasteiger partial charge in [0.2, 0.25) is 5.88 Å². The molecule has 1 aromatic carbocycles. The third-order valence-electron chi connectivity index (χ3n) is 3.37. The topological polar surface area (TPSA) is 51.4 Å². The van der Waals surface area contributed by atoms with Crippen molar-refractivity contribution in [2.75, 3.05) is 24.8 Å². The third-order valence-corrected chi connectivity index (χ3v) is 3.37. The van der Waals surface area contributed by atoms with Crippen LogP contribution in [0.2, 0.25) is 0 Å². The molecule has 0 spiro atoms. The fourth-order valence-corrected chi connectivity index (χ4v) is 2.02. The Kier molecular flexibility index (Phi) is 4.08. The number of anilines is 2. The zero-order chi connectivity index (χ0) is 14.7. The molecule has 2 aromatic rings. The van der Waals surface area contributed by atoms with E-state index in [0.29, 0.717) is 22.9 Å². The van der Waals surface area contributed by atoms with Gasteiger partial charge in [-0.3, -0.25) is 0 Å². The lowest BCUT2D eigenvalue weighted by Crippen LogP contribution is -2.23. The van der Waals surface area contributed by atoms with Crippen LogP contribution >= 0.6 is 0 Å². The Labute approximate surface area is 118 Å². The van der Waals surface area contributed by atoms with Crippen LogP contribution in [-0.4, -0.2) is 19.1 Å². The number of nitrogens with zero attached hydrogens (tertiary/aromatic N) is 2. The van der Waals surface area contributed by atoms with Gasteiger partial charge in [0.25, 0.3) is 0 Å². The van der Waals surface area contributed by atoms with E-state index >= 15 is 0 Å². The van der Waals surface area contributed by atoms with Crippen LogP contribution in [0.4, 0.5) is 15.9 Å². The molecule has 20 heavy (non-hydrogen) atoms. The van der Waals surface area contributed by atoms with E-state index in [9.17, 15) is 4.39 Å². The standard InChI is InChI=1S/C15H18FN3O/c1-10(11-6-4-5-7-12(11)16)19(2)14-9-8-13(17)15(18-14)20-3/h4-10H,17H2,1-3H3. The van der Waals surface area contributed by atoms with Gasteiger partial charge >= 0.3 is 0 Å². The molecule has 0 radical (unpaired) electrons. The average molecular weight is 275 g/mol. The van der Waals surface area contributed by atoms with E-state index in [0.717, 1.165) is 0 Å². The van der Waals surface area contributed by atoms with Crippen molar-refractivity contribution in [3.8, 4) is 5.88 Å². The number of pyridine rings is 1. The molecule has 0 amide bonds. The van der Waals surface area contributed by atoms with Gasteiger partial charge in [0, 0.05) is 12.6 Å². The quantitative estimate of drug-likeness (QED) is 0.932. The van der Waals surface area contributed by atoms with E-state index < -0.39 is 0 Å². The van der Waals surface area contributed by atoms with Gasteiger partial charge in [-0.05, 0) is 25.1 Å². The van der Waals surface area contributed by atoms with Gasteiger partial charge in [0.05, 0.1) is 18.8 Å². The van der Waals surface area contributed by atoms with E-state index in [1.165, 1.54) is 13.2 Å². The number of nitrogen functional groups attached to an aromatic ring is 1. The number of ether oxygens (including phenoxy) is 1. The molecule has 1 aromatic heterocycles. The maximum Gasteiger partial charge on any atom is 0.238 e. The molecule has 1 heterocycles. The van der Waals surface area contributed by atoms with Crippen molar-refractivity contribution in [3.63, 3.8) is 0 Å². The first kappa shape index (κ1) is 14.1. The third kappa shape index (κ3) is 2.66. The summed E-state index contributed by atoms with van der Waals surface area (Å²) < 4.78 is 18.9.